The number of carbonyl (C=O) groups is 1. The molecule has 4 rings (SSSR count). The highest BCUT2D eigenvalue weighted by Crippen LogP contribution is 2.45. The Bertz CT molecular complexity index is 883. The summed E-state index contributed by atoms with van der Waals surface area (Å²) in [6.45, 7) is 2.80. The highest BCUT2D eigenvalue weighted by molar-refractivity contribution is 6.34. The molecule has 5 nitrogen and oxygen atoms in total. The Morgan fingerprint density at radius 2 is 1.92 bits per heavy atom. The van der Waals surface area contributed by atoms with Gasteiger partial charge in [-0.3, -0.25) is 4.79 Å². The number of rotatable bonds is 5. The molecule has 2 aliphatic heterocycles. The van der Waals surface area contributed by atoms with Crippen LogP contribution in [-0.4, -0.2) is 18.3 Å². The quantitative estimate of drug-likeness (QED) is 0.810. The fraction of sp³-hybridized carbons (Fsp3) is 0.300. The number of hydrogen-bond donors (Lipinski definition) is 1. The summed E-state index contributed by atoms with van der Waals surface area (Å²) >= 11 is 6.28. The molecule has 0 fully saturated rings. The first-order chi connectivity index (χ1) is 12.7. The van der Waals surface area contributed by atoms with E-state index in [1.165, 1.54) is 0 Å². The fourth-order valence-electron chi connectivity index (χ4n) is 3.45. The molecule has 1 amide bonds. The molecule has 2 aromatic rings. The zero-order chi connectivity index (χ0) is 18.1. The van der Waals surface area contributed by atoms with E-state index in [1.807, 2.05) is 42.5 Å². The molecule has 0 saturated carbocycles. The van der Waals surface area contributed by atoms with E-state index in [1.54, 1.807) is 11.0 Å². The SMILES string of the molecule is CCCCCN1C(=O)C2(N=C(c3ccccc3Cl)NO2)c2ccccc21. The van der Waals surface area contributed by atoms with Crippen molar-refractivity contribution in [2.45, 2.75) is 31.9 Å². The number of amides is 1. The maximum atomic E-state index is 13.3. The number of benzene rings is 2. The van der Waals surface area contributed by atoms with Gasteiger partial charge in [0.25, 0.3) is 11.6 Å². The first kappa shape index (κ1) is 17.1. The van der Waals surface area contributed by atoms with Crippen LogP contribution in [-0.2, 0) is 15.4 Å². The number of hydroxylamine groups is 1. The van der Waals surface area contributed by atoms with Crippen LogP contribution in [0.15, 0.2) is 53.5 Å². The van der Waals surface area contributed by atoms with E-state index in [9.17, 15) is 4.79 Å². The van der Waals surface area contributed by atoms with Crippen LogP contribution in [0.25, 0.3) is 0 Å². The molecule has 2 aromatic carbocycles. The maximum absolute atomic E-state index is 13.3. The molecule has 0 bridgehead atoms. The van der Waals surface area contributed by atoms with Gasteiger partial charge in [0, 0.05) is 17.7 Å². The van der Waals surface area contributed by atoms with Crippen LogP contribution in [0.3, 0.4) is 0 Å². The Morgan fingerprint density at radius 1 is 1.15 bits per heavy atom. The second-order valence-corrected chi connectivity index (χ2v) is 6.88. The maximum Gasteiger partial charge on any atom is 0.293 e. The summed E-state index contributed by atoms with van der Waals surface area (Å²) in [5.74, 6) is 0.304. The van der Waals surface area contributed by atoms with Crippen LogP contribution in [0.5, 0.6) is 0 Å². The molecule has 2 heterocycles. The molecule has 0 aromatic heterocycles. The van der Waals surface area contributed by atoms with Crippen molar-refractivity contribution in [3.05, 3.63) is 64.7 Å². The fourth-order valence-corrected chi connectivity index (χ4v) is 3.67. The van der Waals surface area contributed by atoms with Crippen LogP contribution in [0.2, 0.25) is 5.02 Å². The number of unbranched alkanes of at least 4 members (excludes halogenated alkanes) is 2. The Morgan fingerprint density at radius 3 is 2.73 bits per heavy atom. The van der Waals surface area contributed by atoms with E-state index in [2.05, 4.69) is 17.4 Å². The van der Waals surface area contributed by atoms with Gasteiger partial charge in [-0.15, -0.1) is 0 Å². The molecule has 0 saturated heterocycles. The average Bonchev–Trinajstić information content (AvgIpc) is 3.20. The van der Waals surface area contributed by atoms with Gasteiger partial charge in [0.15, 0.2) is 5.84 Å². The van der Waals surface area contributed by atoms with E-state index in [-0.39, 0.29) is 5.91 Å². The predicted molar refractivity (Wildman–Crippen MR) is 102 cm³/mol. The van der Waals surface area contributed by atoms with Crippen LogP contribution in [0, 0.1) is 0 Å². The van der Waals surface area contributed by atoms with Crippen LogP contribution in [0.4, 0.5) is 5.69 Å². The number of nitrogens with one attached hydrogen (secondary N) is 1. The topological polar surface area (TPSA) is 53.9 Å². The van der Waals surface area contributed by atoms with Gasteiger partial charge >= 0.3 is 0 Å². The Kier molecular flexibility index (Phi) is 4.42. The van der Waals surface area contributed by atoms with Crippen molar-refractivity contribution in [1.29, 1.82) is 0 Å². The molecule has 0 radical (unpaired) electrons. The van der Waals surface area contributed by atoms with Gasteiger partial charge in [-0.05, 0) is 24.6 Å². The first-order valence-electron chi connectivity index (χ1n) is 8.87. The number of hydrogen-bond acceptors (Lipinski definition) is 4. The van der Waals surface area contributed by atoms with Gasteiger partial charge < -0.3 is 4.90 Å². The minimum absolute atomic E-state index is 0.163. The molecular formula is C20H20ClN3O2. The van der Waals surface area contributed by atoms with Crippen molar-refractivity contribution in [2.24, 2.45) is 4.99 Å². The predicted octanol–water partition coefficient (Wildman–Crippen LogP) is 4.01. The number of carbonyl (C=O) groups excluding carboxylic acids is 1. The van der Waals surface area contributed by atoms with Crippen molar-refractivity contribution in [2.75, 3.05) is 11.4 Å². The molecule has 1 atom stereocenters. The minimum Gasteiger partial charge on any atom is -0.307 e. The van der Waals surface area contributed by atoms with E-state index in [4.69, 9.17) is 16.4 Å². The summed E-state index contributed by atoms with van der Waals surface area (Å²) in [5.41, 5.74) is 3.78. The summed E-state index contributed by atoms with van der Waals surface area (Å²) < 4.78 is 0. The Balaban J connectivity index is 1.75. The highest BCUT2D eigenvalue weighted by Gasteiger charge is 2.56. The number of aliphatic imine (C=N–C) groups is 1. The number of para-hydroxylation sites is 1. The van der Waals surface area contributed by atoms with E-state index in [0.717, 1.165) is 30.5 Å². The van der Waals surface area contributed by atoms with Crippen molar-refractivity contribution in [1.82, 2.24) is 5.48 Å². The Hall–Kier alpha value is -2.37. The number of nitrogens with zero attached hydrogens (tertiary/aromatic N) is 2. The van der Waals surface area contributed by atoms with Crippen LogP contribution < -0.4 is 10.4 Å². The molecule has 1 unspecified atom stereocenters. The van der Waals surface area contributed by atoms with E-state index < -0.39 is 5.72 Å². The lowest BCUT2D eigenvalue weighted by atomic mass is 10.1. The highest BCUT2D eigenvalue weighted by atomic mass is 35.5. The number of amidine groups is 1. The molecule has 26 heavy (non-hydrogen) atoms. The van der Waals surface area contributed by atoms with E-state index in [0.29, 0.717) is 23.0 Å². The summed E-state index contributed by atoms with van der Waals surface area (Å²) in [7, 11) is 0. The second-order valence-electron chi connectivity index (χ2n) is 6.47. The summed E-state index contributed by atoms with van der Waals surface area (Å²) in [6.07, 6.45) is 3.12. The standard InChI is InChI=1S/C20H20ClN3O2/c1-2-3-8-13-24-17-12-7-5-10-15(17)20(19(24)25)22-18(23-26-20)14-9-4-6-11-16(14)21/h4-7,9-12H,2-3,8,13H2,1H3,(H,22,23). The zero-order valence-electron chi connectivity index (χ0n) is 14.5. The third-order valence-electron chi connectivity index (χ3n) is 4.77. The van der Waals surface area contributed by atoms with Crippen molar-refractivity contribution in [3.63, 3.8) is 0 Å². The van der Waals surface area contributed by atoms with Gasteiger partial charge in [-0.2, -0.15) is 0 Å². The van der Waals surface area contributed by atoms with Gasteiger partial charge in [0.2, 0.25) is 0 Å². The number of fused-ring (bicyclic) bond motifs is 2. The van der Waals surface area contributed by atoms with Crippen molar-refractivity contribution in [3.8, 4) is 0 Å². The van der Waals surface area contributed by atoms with Crippen LogP contribution >= 0.6 is 11.6 Å². The molecular weight excluding hydrogens is 350 g/mol. The zero-order valence-corrected chi connectivity index (χ0v) is 15.3. The molecule has 1 spiro atoms. The lowest BCUT2D eigenvalue weighted by Gasteiger charge is -2.19. The summed E-state index contributed by atoms with van der Waals surface area (Å²) in [5, 5.41) is 0.554. The minimum atomic E-state index is -1.38. The largest absolute Gasteiger partial charge is 0.307 e. The monoisotopic (exact) mass is 369 g/mol. The lowest BCUT2D eigenvalue weighted by Crippen LogP contribution is -2.41. The van der Waals surface area contributed by atoms with Crippen molar-refractivity contribution >= 4 is 29.0 Å². The van der Waals surface area contributed by atoms with Gasteiger partial charge in [-0.25, -0.2) is 15.3 Å². The van der Waals surface area contributed by atoms with E-state index >= 15 is 0 Å². The van der Waals surface area contributed by atoms with Gasteiger partial charge in [-0.1, -0.05) is 61.7 Å². The first-order valence-corrected chi connectivity index (χ1v) is 9.25. The average molecular weight is 370 g/mol. The number of anilines is 1. The molecule has 6 heteroatoms. The molecule has 134 valence electrons. The van der Waals surface area contributed by atoms with Gasteiger partial charge in [0.05, 0.1) is 10.7 Å². The molecule has 2 aliphatic rings. The summed E-state index contributed by atoms with van der Waals surface area (Å²) in [6, 6.07) is 15.0. The van der Waals surface area contributed by atoms with Crippen molar-refractivity contribution < 1.29 is 9.63 Å². The Labute approximate surface area is 157 Å². The smallest absolute Gasteiger partial charge is 0.293 e. The third kappa shape index (κ3) is 2.59. The van der Waals surface area contributed by atoms with Gasteiger partial charge in [0.1, 0.15) is 0 Å². The third-order valence-corrected chi connectivity index (χ3v) is 5.10. The lowest BCUT2D eigenvalue weighted by molar-refractivity contribution is -0.144. The summed E-state index contributed by atoms with van der Waals surface area (Å²) in [4.78, 5) is 25.5. The normalized spacial score (nSPS) is 21.1. The number of halogens is 1. The second kappa shape index (κ2) is 6.74. The molecule has 1 N–H and O–H groups in total. The van der Waals surface area contributed by atoms with Crippen LogP contribution in [0.1, 0.15) is 37.3 Å². The molecule has 0 aliphatic carbocycles.